The second-order valence-electron chi connectivity index (χ2n) is 6.09. The molecule has 0 aliphatic carbocycles. The first-order valence-electron chi connectivity index (χ1n) is 8.56. The number of ether oxygens (including phenoxy) is 1. The molecule has 0 radical (unpaired) electrons. The smallest absolute Gasteiger partial charge is 0.266 e. The normalized spacial score (nSPS) is 11.1. The number of thiophene rings is 1. The number of halogens is 1. The first kappa shape index (κ1) is 19.2. The highest BCUT2D eigenvalue weighted by Gasteiger charge is 2.20. The molecule has 3 rings (SSSR count). The van der Waals surface area contributed by atoms with Gasteiger partial charge in [-0.25, -0.2) is 9.37 Å². The topological polar surface area (TPSA) is 73.2 Å². The Kier molecular flexibility index (Phi) is 5.67. The molecule has 1 amide bonds. The van der Waals surface area contributed by atoms with Gasteiger partial charge in [0.2, 0.25) is 0 Å². The van der Waals surface area contributed by atoms with E-state index in [1.54, 1.807) is 19.9 Å². The van der Waals surface area contributed by atoms with Gasteiger partial charge in [0.15, 0.2) is 0 Å². The summed E-state index contributed by atoms with van der Waals surface area (Å²) in [5.74, 6) is -0.813. The van der Waals surface area contributed by atoms with Crippen molar-refractivity contribution in [1.82, 2.24) is 9.55 Å². The van der Waals surface area contributed by atoms with Crippen molar-refractivity contribution in [2.75, 3.05) is 18.5 Å². The van der Waals surface area contributed by atoms with E-state index in [-0.39, 0.29) is 11.5 Å². The number of fused-ring (bicyclic) bond motifs is 1. The van der Waals surface area contributed by atoms with Gasteiger partial charge < -0.3 is 10.1 Å². The Labute approximate surface area is 159 Å². The van der Waals surface area contributed by atoms with Crippen LogP contribution >= 0.6 is 11.3 Å². The Morgan fingerprint density at radius 2 is 2.15 bits per heavy atom. The number of nitrogens with zero attached hydrogens (tertiary/aromatic N) is 2. The minimum Gasteiger partial charge on any atom is -0.380 e. The largest absolute Gasteiger partial charge is 0.380 e. The molecule has 0 unspecified atom stereocenters. The van der Waals surface area contributed by atoms with Crippen LogP contribution in [-0.4, -0.2) is 28.7 Å². The molecule has 0 atom stereocenters. The van der Waals surface area contributed by atoms with Crippen LogP contribution in [-0.2, 0) is 11.3 Å². The molecule has 0 saturated heterocycles. The molecule has 0 fully saturated rings. The highest BCUT2D eigenvalue weighted by molar-refractivity contribution is 7.20. The van der Waals surface area contributed by atoms with Crippen molar-refractivity contribution in [2.24, 2.45) is 0 Å². The Hall–Kier alpha value is -2.58. The van der Waals surface area contributed by atoms with Gasteiger partial charge in [0, 0.05) is 12.3 Å². The van der Waals surface area contributed by atoms with Crippen molar-refractivity contribution in [1.29, 1.82) is 0 Å². The molecular weight excluding hydrogens is 369 g/mol. The van der Waals surface area contributed by atoms with Crippen molar-refractivity contribution in [2.45, 2.75) is 27.3 Å². The van der Waals surface area contributed by atoms with Crippen LogP contribution < -0.4 is 10.9 Å². The Morgan fingerprint density at radius 3 is 2.89 bits per heavy atom. The van der Waals surface area contributed by atoms with E-state index in [1.807, 2.05) is 6.92 Å². The van der Waals surface area contributed by atoms with Gasteiger partial charge in [0.25, 0.3) is 11.5 Å². The summed E-state index contributed by atoms with van der Waals surface area (Å²) in [6, 6.07) is 4.21. The standard InChI is InChI=1S/C19H20FN3O3S/c1-4-26-8-7-23-10-21-18-15(19(23)25)12(3)16(27-18)17(24)22-14-9-13(20)6-5-11(14)2/h5-6,9-10H,4,7-8H2,1-3H3,(H,22,24). The molecule has 0 saturated carbocycles. The number of aryl methyl sites for hydroxylation is 2. The van der Waals surface area contributed by atoms with Crippen molar-refractivity contribution in [3.05, 3.63) is 56.7 Å². The number of anilines is 1. The number of hydrogen-bond donors (Lipinski definition) is 1. The molecule has 142 valence electrons. The minimum absolute atomic E-state index is 0.200. The number of nitrogens with one attached hydrogen (secondary N) is 1. The van der Waals surface area contributed by atoms with E-state index in [0.29, 0.717) is 46.1 Å². The maximum absolute atomic E-state index is 13.5. The van der Waals surface area contributed by atoms with Crippen LogP contribution in [0.2, 0.25) is 0 Å². The van der Waals surface area contributed by atoms with E-state index in [4.69, 9.17) is 4.74 Å². The Morgan fingerprint density at radius 1 is 1.37 bits per heavy atom. The molecule has 0 spiro atoms. The summed E-state index contributed by atoms with van der Waals surface area (Å²) < 4.78 is 20.2. The van der Waals surface area contributed by atoms with Crippen LogP contribution in [0.1, 0.15) is 27.7 Å². The molecule has 3 aromatic rings. The summed E-state index contributed by atoms with van der Waals surface area (Å²) in [4.78, 5) is 30.6. The van der Waals surface area contributed by atoms with Gasteiger partial charge in [-0.15, -0.1) is 11.3 Å². The molecule has 1 aromatic carbocycles. The zero-order chi connectivity index (χ0) is 19.6. The zero-order valence-corrected chi connectivity index (χ0v) is 16.2. The number of carbonyl (C=O) groups is 1. The fourth-order valence-electron chi connectivity index (χ4n) is 2.75. The summed E-state index contributed by atoms with van der Waals surface area (Å²) in [5, 5.41) is 3.15. The second kappa shape index (κ2) is 7.98. The first-order chi connectivity index (χ1) is 12.9. The number of amides is 1. The third-order valence-corrected chi connectivity index (χ3v) is 5.45. The van der Waals surface area contributed by atoms with E-state index < -0.39 is 5.82 Å². The summed E-state index contributed by atoms with van der Waals surface area (Å²) in [6.45, 7) is 6.78. The van der Waals surface area contributed by atoms with E-state index in [2.05, 4.69) is 10.3 Å². The van der Waals surface area contributed by atoms with E-state index in [9.17, 15) is 14.0 Å². The second-order valence-corrected chi connectivity index (χ2v) is 7.09. The molecule has 1 N–H and O–H groups in total. The fraction of sp³-hybridized carbons (Fsp3) is 0.316. The molecule has 0 bridgehead atoms. The van der Waals surface area contributed by atoms with Gasteiger partial charge in [-0.1, -0.05) is 6.07 Å². The van der Waals surface area contributed by atoms with Crippen molar-refractivity contribution in [3.8, 4) is 0 Å². The molecular formula is C19H20FN3O3S. The molecule has 27 heavy (non-hydrogen) atoms. The Balaban J connectivity index is 1.94. The molecule has 0 aliphatic heterocycles. The van der Waals surface area contributed by atoms with Gasteiger partial charge >= 0.3 is 0 Å². The van der Waals surface area contributed by atoms with Gasteiger partial charge in [0.1, 0.15) is 10.6 Å². The first-order valence-corrected chi connectivity index (χ1v) is 9.37. The lowest BCUT2D eigenvalue weighted by molar-refractivity contribution is 0.103. The maximum Gasteiger partial charge on any atom is 0.266 e. The lowest BCUT2D eigenvalue weighted by Gasteiger charge is -2.08. The minimum atomic E-state index is -0.428. The molecule has 8 heteroatoms. The van der Waals surface area contributed by atoms with Crippen molar-refractivity contribution >= 4 is 33.1 Å². The van der Waals surface area contributed by atoms with Crippen molar-refractivity contribution < 1.29 is 13.9 Å². The van der Waals surface area contributed by atoms with Gasteiger partial charge in [-0.2, -0.15) is 0 Å². The summed E-state index contributed by atoms with van der Waals surface area (Å²) in [5.41, 5.74) is 1.53. The predicted octanol–water partition coefficient (Wildman–Crippen LogP) is 3.50. The number of aromatic nitrogens is 2. The van der Waals surface area contributed by atoms with E-state index in [0.717, 1.165) is 16.9 Å². The lowest BCUT2D eigenvalue weighted by Crippen LogP contribution is -2.23. The number of benzene rings is 1. The van der Waals surface area contributed by atoms with Crippen LogP contribution in [0.4, 0.5) is 10.1 Å². The lowest BCUT2D eigenvalue weighted by atomic mass is 10.1. The third kappa shape index (κ3) is 3.91. The van der Waals surface area contributed by atoms with Gasteiger partial charge in [-0.05, 0) is 44.0 Å². The highest BCUT2D eigenvalue weighted by Crippen LogP contribution is 2.28. The quantitative estimate of drug-likeness (QED) is 0.655. The average Bonchev–Trinajstić information content (AvgIpc) is 2.98. The predicted molar refractivity (Wildman–Crippen MR) is 104 cm³/mol. The number of carbonyl (C=O) groups excluding carboxylic acids is 1. The van der Waals surface area contributed by atoms with Gasteiger partial charge in [-0.3, -0.25) is 14.2 Å². The van der Waals surface area contributed by atoms with Crippen LogP contribution in [0.3, 0.4) is 0 Å². The maximum atomic E-state index is 13.5. The van der Waals surface area contributed by atoms with Crippen LogP contribution in [0.25, 0.3) is 10.2 Å². The molecule has 2 aromatic heterocycles. The molecule has 2 heterocycles. The van der Waals surface area contributed by atoms with Crippen LogP contribution in [0, 0.1) is 19.7 Å². The van der Waals surface area contributed by atoms with Crippen LogP contribution in [0.15, 0.2) is 29.3 Å². The number of hydrogen-bond acceptors (Lipinski definition) is 5. The monoisotopic (exact) mass is 389 g/mol. The molecule has 0 aliphatic rings. The third-order valence-electron chi connectivity index (χ3n) is 4.25. The summed E-state index contributed by atoms with van der Waals surface area (Å²) in [7, 11) is 0. The van der Waals surface area contributed by atoms with E-state index >= 15 is 0 Å². The molecule has 6 nitrogen and oxygen atoms in total. The zero-order valence-electron chi connectivity index (χ0n) is 15.3. The fourth-order valence-corrected chi connectivity index (χ4v) is 3.78. The number of rotatable bonds is 6. The van der Waals surface area contributed by atoms with E-state index in [1.165, 1.54) is 23.0 Å². The summed E-state index contributed by atoms with van der Waals surface area (Å²) in [6.07, 6.45) is 1.47. The SMILES string of the molecule is CCOCCn1cnc2sc(C(=O)Nc3cc(F)ccc3C)c(C)c2c1=O. The average molecular weight is 389 g/mol. The highest BCUT2D eigenvalue weighted by atomic mass is 32.1. The Bertz CT molecular complexity index is 1060. The summed E-state index contributed by atoms with van der Waals surface area (Å²) >= 11 is 1.15. The van der Waals surface area contributed by atoms with Crippen molar-refractivity contribution in [3.63, 3.8) is 0 Å². The van der Waals surface area contributed by atoms with Crippen LogP contribution in [0.5, 0.6) is 0 Å². The van der Waals surface area contributed by atoms with Gasteiger partial charge in [0.05, 0.1) is 29.7 Å².